The van der Waals surface area contributed by atoms with Crippen LogP contribution in [-0.4, -0.2) is 39.7 Å². The number of nitrogens with one attached hydrogen (secondary N) is 1. The van der Waals surface area contributed by atoms with Crippen molar-refractivity contribution in [1.82, 2.24) is 14.8 Å². The molecular formula is C26H26N6O2. The van der Waals surface area contributed by atoms with Gasteiger partial charge < -0.3 is 16.0 Å². The quantitative estimate of drug-likeness (QED) is 0.457. The van der Waals surface area contributed by atoms with Crippen molar-refractivity contribution < 1.29 is 9.59 Å². The van der Waals surface area contributed by atoms with Crippen LogP contribution in [0.4, 0.5) is 11.4 Å². The summed E-state index contributed by atoms with van der Waals surface area (Å²) in [6, 6.07) is 16.8. The number of hydrogen-bond acceptors (Lipinski definition) is 5. The van der Waals surface area contributed by atoms with Crippen LogP contribution in [0.25, 0.3) is 22.3 Å². The Morgan fingerprint density at radius 3 is 2.53 bits per heavy atom. The van der Waals surface area contributed by atoms with E-state index < -0.39 is 5.91 Å². The number of rotatable bonds is 6. The Bertz CT molecular complexity index is 1370. The van der Waals surface area contributed by atoms with Crippen molar-refractivity contribution >= 4 is 34.2 Å². The molecule has 3 N–H and O–H groups in total. The Morgan fingerprint density at radius 2 is 1.82 bits per heavy atom. The maximum Gasteiger partial charge on any atom is 0.256 e. The van der Waals surface area contributed by atoms with Gasteiger partial charge in [-0.3, -0.25) is 9.59 Å². The van der Waals surface area contributed by atoms with E-state index in [1.54, 1.807) is 29.1 Å². The predicted molar refractivity (Wildman–Crippen MR) is 133 cm³/mol. The lowest BCUT2D eigenvalue weighted by Crippen LogP contribution is -2.22. The highest BCUT2D eigenvalue weighted by molar-refractivity contribution is 6.14. The molecule has 0 radical (unpaired) electrons. The van der Waals surface area contributed by atoms with Gasteiger partial charge >= 0.3 is 0 Å². The molecule has 0 aliphatic carbocycles. The molecule has 0 bridgehead atoms. The summed E-state index contributed by atoms with van der Waals surface area (Å²) in [7, 11) is 0. The molecule has 2 amide bonds. The molecule has 8 nitrogen and oxygen atoms in total. The van der Waals surface area contributed by atoms with E-state index in [1.807, 2.05) is 43.3 Å². The number of nitrogens with two attached hydrogens (primary N) is 1. The lowest BCUT2D eigenvalue weighted by molar-refractivity contribution is 0.0996. The van der Waals surface area contributed by atoms with Gasteiger partial charge in [0.2, 0.25) is 5.91 Å². The average Bonchev–Trinajstić information content (AvgIpc) is 3.54. The molecule has 1 saturated heterocycles. The van der Waals surface area contributed by atoms with E-state index in [-0.39, 0.29) is 5.91 Å². The zero-order chi connectivity index (χ0) is 23.7. The highest BCUT2D eigenvalue weighted by Gasteiger charge is 2.21. The number of aryl methyl sites for hydroxylation is 1. The van der Waals surface area contributed by atoms with Crippen LogP contribution in [0, 0.1) is 0 Å². The fourth-order valence-corrected chi connectivity index (χ4v) is 4.44. The molecule has 34 heavy (non-hydrogen) atoms. The molecule has 0 spiro atoms. The number of benzene rings is 2. The number of nitrogens with zero attached hydrogens (tertiary/aromatic N) is 4. The number of carbonyl (C=O) groups is 2. The van der Waals surface area contributed by atoms with E-state index >= 15 is 0 Å². The van der Waals surface area contributed by atoms with E-state index in [4.69, 9.17) is 10.7 Å². The lowest BCUT2D eigenvalue weighted by Gasteiger charge is -2.22. The van der Waals surface area contributed by atoms with Gasteiger partial charge in [0.1, 0.15) is 0 Å². The Morgan fingerprint density at radius 1 is 1.06 bits per heavy atom. The first kappa shape index (κ1) is 21.6. The second kappa shape index (κ2) is 8.97. The second-order valence-electron chi connectivity index (χ2n) is 8.36. The number of hydrogen-bond donors (Lipinski definition) is 2. The summed E-state index contributed by atoms with van der Waals surface area (Å²) in [6.07, 6.45) is 3.86. The standard InChI is InChI=1S/C26H26N6O2/c1-2-32-25-20(16-28-32)19(15-21(29-25)17-8-4-3-5-9-17)26(34)30-22-14-18(24(27)33)10-11-23(22)31-12-6-7-13-31/h3-5,8-11,14-16H,2,6-7,12-13H2,1H3,(H2,27,33)(H,30,34). The number of anilines is 2. The number of aromatic nitrogens is 3. The largest absolute Gasteiger partial charge is 0.370 e. The fourth-order valence-electron chi connectivity index (χ4n) is 4.44. The van der Waals surface area contributed by atoms with E-state index in [9.17, 15) is 9.59 Å². The first-order valence-corrected chi connectivity index (χ1v) is 11.5. The van der Waals surface area contributed by atoms with E-state index in [2.05, 4.69) is 15.3 Å². The average molecular weight is 455 g/mol. The van der Waals surface area contributed by atoms with Crippen LogP contribution in [0.2, 0.25) is 0 Å². The van der Waals surface area contributed by atoms with Gasteiger partial charge in [-0.2, -0.15) is 5.10 Å². The molecular weight excluding hydrogens is 428 g/mol. The van der Waals surface area contributed by atoms with Crippen LogP contribution in [0.3, 0.4) is 0 Å². The van der Waals surface area contributed by atoms with Crippen molar-refractivity contribution in [2.75, 3.05) is 23.3 Å². The van der Waals surface area contributed by atoms with Gasteiger partial charge in [-0.25, -0.2) is 9.67 Å². The third-order valence-corrected chi connectivity index (χ3v) is 6.20. The minimum atomic E-state index is -0.537. The summed E-state index contributed by atoms with van der Waals surface area (Å²) in [4.78, 5) is 32.5. The molecule has 0 atom stereocenters. The maximum atomic E-state index is 13.6. The van der Waals surface area contributed by atoms with Gasteiger partial charge in [0.05, 0.1) is 34.2 Å². The lowest BCUT2D eigenvalue weighted by atomic mass is 10.1. The monoisotopic (exact) mass is 454 g/mol. The minimum Gasteiger partial charge on any atom is -0.370 e. The summed E-state index contributed by atoms with van der Waals surface area (Å²) >= 11 is 0. The first-order valence-electron chi connectivity index (χ1n) is 11.5. The summed E-state index contributed by atoms with van der Waals surface area (Å²) in [5.74, 6) is -0.826. The van der Waals surface area contributed by atoms with Crippen molar-refractivity contribution in [2.24, 2.45) is 5.73 Å². The van der Waals surface area contributed by atoms with E-state index in [0.717, 1.165) is 37.2 Å². The van der Waals surface area contributed by atoms with Crippen LogP contribution < -0.4 is 16.0 Å². The summed E-state index contributed by atoms with van der Waals surface area (Å²) in [5, 5.41) is 8.14. The van der Waals surface area contributed by atoms with Crippen LogP contribution >= 0.6 is 0 Å². The molecule has 2 aromatic carbocycles. The molecule has 1 fully saturated rings. The van der Waals surface area contributed by atoms with Crippen LogP contribution in [0.5, 0.6) is 0 Å². The highest BCUT2D eigenvalue weighted by atomic mass is 16.2. The van der Waals surface area contributed by atoms with Crippen molar-refractivity contribution in [3.63, 3.8) is 0 Å². The van der Waals surface area contributed by atoms with Crippen molar-refractivity contribution in [1.29, 1.82) is 0 Å². The molecule has 5 rings (SSSR count). The fraction of sp³-hybridized carbons (Fsp3) is 0.231. The van der Waals surface area contributed by atoms with Crippen molar-refractivity contribution in [3.8, 4) is 11.3 Å². The SMILES string of the molecule is CCn1ncc2c(C(=O)Nc3cc(C(N)=O)ccc3N3CCCC3)cc(-c3ccccc3)nc21. The number of amides is 2. The summed E-state index contributed by atoms with van der Waals surface area (Å²) < 4.78 is 1.78. The number of primary amides is 1. The molecule has 0 unspecified atom stereocenters. The molecule has 172 valence electrons. The minimum absolute atomic E-state index is 0.290. The summed E-state index contributed by atoms with van der Waals surface area (Å²) in [5.41, 5.74) is 10.1. The number of pyridine rings is 1. The van der Waals surface area contributed by atoms with Gasteiger partial charge in [0.15, 0.2) is 5.65 Å². The topological polar surface area (TPSA) is 106 Å². The van der Waals surface area contributed by atoms with Gasteiger partial charge in [-0.1, -0.05) is 30.3 Å². The number of fused-ring (bicyclic) bond motifs is 1. The third-order valence-electron chi connectivity index (χ3n) is 6.20. The molecule has 2 aromatic heterocycles. The van der Waals surface area contributed by atoms with E-state index in [0.29, 0.717) is 40.1 Å². The smallest absolute Gasteiger partial charge is 0.256 e. The zero-order valence-electron chi connectivity index (χ0n) is 19.0. The molecule has 8 heteroatoms. The maximum absolute atomic E-state index is 13.6. The van der Waals surface area contributed by atoms with Crippen LogP contribution in [-0.2, 0) is 6.54 Å². The van der Waals surface area contributed by atoms with Gasteiger partial charge in [-0.15, -0.1) is 0 Å². The Kier molecular flexibility index (Phi) is 5.71. The molecule has 3 heterocycles. The van der Waals surface area contributed by atoms with E-state index in [1.165, 1.54) is 0 Å². The van der Waals surface area contributed by atoms with Gasteiger partial charge in [0, 0.05) is 30.8 Å². The molecule has 1 aliphatic rings. The second-order valence-corrected chi connectivity index (χ2v) is 8.36. The molecule has 0 saturated carbocycles. The molecule has 4 aromatic rings. The van der Waals surface area contributed by atoms with Crippen molar-refractivity contribution in [2.45, 2.75) is 26.3 Å². The predicted octanol–water partition coefficient (Wildman–Crippen LogP) is 4.07. The van der Waals surface area contributed by atoms with Crippen LogP contribution in [0.15, 0.2) is 60.8 Å². The first-order chi connectivity index (χ1) is 16.5. The van der Waals surface area contributed by atoms with Gasteiger partial charge in [0.25, 0.3) is 5.91 Å². The third kappa shape index (κ3) is 3.98. The van der Waals surface area contributed by atoms with Crippen LogP contribution in [0.1, 0.15) is 40.5 Å². The Labute approximate surface area is 197 Å². The Hall–Kier alpha value is -4.20. The summed E-state index contributed by atoms with van der Waals surface area (Å²) in [6.45, 7) is 4.43. The van der Waals surface area contributed by atoms with Crippen molar-refractivity contribution in [3.05, 3.63) is 71.9 Å². The highest BCUT2D eigenvalue weighted by Crippen LogP contribution is 2.32. The normalized spacial score (nSPS) is 13.4. The number of carbonyl (C=O) groups excluding carboxylic acids is 2. The molecule has 1 aliphatic heterocycles. The Balaban J connectivity index is 1.60. The zero-order valence-corrected chi connectivity index (χ0v) is 19.0. The van der Waals surface area contributed by atoms with Gasteiger partial charge in [-0.05, 0) is 44.0 Å².